The minimum Gasteiger partial charge on any atom is -0.357 e. The molecule has 2 aromatic heterocycles. The van der Waals surface area contributed by atoms with E-state index in [9.17, 15) is 0 Å². The number of nitrogens with zero attached hydrogens (tertiary/aromatic N) is 7. The number of nitrogens with one attached hydrogen (secondary N) is 1. The lowest BCUT2D eigenvalue weighted by atomic mass is 10.3. The van der Waals surface area contributed by atoms with Crippen LogP contribution in [0, 0.1) is 6.92 Å². The SMILES string of the molecule is CCNC(=NCc1noc(C)n1)N1CCN(c2nc(CC)ns2)CC1. The van der Waals surface area contributed by atoms with Crippen molar-refractivity contribution < 1.29 is 4.52 Å². The summed E-state index contributed by atoms with van der Waals surface area (Å²) in [6.07, 6.45) is 0.878. The molecule has 0 aliphatic carbocycles. The topological polar surface area (TPSA) is 95.6 Å². The van der Waals surface area contributed by atoms with Crippen LogP contribution in [0.4, 0.5) is 5.13 Å². The third-order valence-corrected chi connectivity index (χ3v) is 4.71. The maximum atomic E-state index is 4.99. The predicted molar refractivity (Wildman–Crippen MR) is 96.9 cm³/mol. The van der Waals surface area contributed by atoms with Crippen molar-refractivity contribution >= 4 is 22.6 Å². The molecular formula is C15H24N8OS. The molecule has 10 heteroatoms. The molecule has 0 radical (unpaired) electrons. The van der Waals surface area contributed by atoms with Gasteiger partial charge in [-0.15, -0.1) is 0 Å². The number of aryl methyl sites for hydroxylation is 2. The number of guanidine groups is 1. The molecule has 0 aromatic carbocycles. The highest BCUT2D eigenvalue weighted by atomic mass is 32.1. The molecule has 3 rings (SSSR count). The zero-order valence-electron chi connectivity index (χ0n) is 14.9. The van der Waals surface area contributed by atoms with Crippen LogP contribution in [0.1, 0.15) is 31.4 Å². The van der Waals surface area contributed by atoms with Crippen molar-refractivity contribution in [2.75, 3.05) is 37.6 Å². The van der Waals surface area contributed by atoms with Gasteiger partial charge in [0, 0.05) is 57.6 Å². The van der Waals surface area contributed by atoms with E-state index in [0.717, 1.165) is 56.1 Å². The molecule has 1 aliphatic rings. The smallest absolute Gasteiger partial charge is 0.223 e. The van der Waals surface area contributed by atoms with Crippen molar-refractivity contribution in [3.8, 4) is 0 Å². The molecule has 25 heavy (non-hydrogen) atoms. The van der Waals surface area contributed by atoms with E-state index >= 15 is 0 Å². The minimum absolute atomic E-state index is 0.413. The molecule has 1 saturated heterocycles. The maximum absolute atomic E-state index is 4.99. The van der Waals surface area contributed by atoms with Gasteiger partial charge in [0.05, 0.1) is 0 Å². The van der Waals surface area contributed by atoms with E-state index in [1.165, 1.54) is 11.5 Å². The summed E-state index contributed by atoms with van der Waals surface area (Å²) in [5.74, 6) is 2.98. The molecule has 0 amide bonds. The summed E-state index contributed by atoms with van der Waals surface area (Å²) < 4.78 is 9.37. The number of hydrogen-bond donors (Lipinski definition) is 1. The molecule has 0 bridgehead atoms. The van der Waals surface area contributed by atoms with Crippen LogP contribution < -0.4 is 10.2 Å². The van der Waals surface area contributed by atoms with Gasteiger partial charge in [0.25, 0.3) is 0 Å². The first-order valence-corrected chi connectivity index (χ1v) is 9.37. The van der Waals surface area contributed by atoms with Crippen LogP contribution >= 0.6 is 11.5 Å². The van der Waals surface area contributed by atoms with Gasteiger partial charge < -0.3 is 19.6 Å². The lowest BCUT2D eigenvalue weighted by molar-refractivity contribution is 0.371. The summed E-state index contributed by atoms with van der Waals surface area (Å²) in [5.41, 5.74) is 0. The molecule has 9 nitrogen and oxygen atoms in total. The van der Waals surface area contributed by atoms with Gasteiger partial charge in [-0.05, 0) is 6.92 Å². The summed E-state index contributed by atoms with van der Waals surface area (Å²) in [6, 6.07) is 0. The third kappa shape index (κ3) is 4.44. The lowest BCUT2D eigenvalue weighted by Gasteiger charge is -2.36. The van der Waals surface area contributed by atoms with Gasteiger partial charge in [0.15, 0.2) is 11.8 Å². The summed E-state index contributed by atoms with van der Waals surface area (Å²) in [7, 11) is 0. The van der Waals surface area contributed by atoms with Crippen molar-refractivity contribution in [1.82, 2.24) is 29.7 Å². The molecule has 0 spiro atoms. The van der Waals surface area contributed by atoms with E-state index in [1.807, 2.05) is 0 Å². The molecule has 2 aromatic rings. The fourth-order valence-electron chi connectivity index (χ4n) is 2.60. The second kappa shape index (κ2) is 8.24. The standard InChI is InChI=1S/C15H24N8OS/c1-4-12-19-15(25-21-12)23-8-6-22(7-9-23)14(16-5-2)17-10-13-18-11(3)24-20-13/h4-10H2,1-3H3,(H,16,17). The number of hydrogen-bond acceptors (Lipinski definition) is 8. The van der Waals surface area contributed by atoms with E-state index < -0.39 is 0 Å². The van der Waals surface area contributed by atoms with E-state index in [0.29, 0.717) is 18.3 Å². The first-order valence-electron chi connectivity index (χ1n) is 8.59. The minimum atomic E-state index is 0.413. The highest BCUT2D eigenvalue weighted by Crippen LogP contribution is 2.19. The summed E-state index contributed by atoms with van der Waals surface area (Å²) in [5, 5.41) is 8.25. The lowest BCUT2D eigenvalue weighted by Crippen LogP contribution is -2.52. The van der Waals surface area contributed by atoms with Crippen LogP contribution in [-0.2, 0) is 13.0 Å². The molecule has 136 valence electrons. The van der Waals surface area contributed by atoms with E-state index in [1.54, 1.807) is 6.92 Å². The van der Waals surface area contributed by atoms with Crippen molar-refractivity contribution in [2.45, 2.75) is 33.7 Å². The largest absolute Gasteiger partial charge is 0.357 e. The first kappa shape index (κ1) is 17.6. The van der Waals surface area contributed by atoms with Crippen LogP contribution in [0.2, 0.25) is 0 Å². The molecule has 0 unspecified atom stereocenters. The average molecular weight is 364 g/mol. The highest BCUT2D eigenvalue weighted by molar-refractivity contribution is 7.09. The first-order chi connectivity index (χ1) is 12.2. The Kier molecular flexibility index (Phi) is 5.79. The van der Waals surface area contributed by atoms with Gasteiger partial charge in [0.1, 0.15) is 12.4 Å². The fourth-order valence-corrected chi connectivity index (χ4v) is 3.40. The molecule has 1 N–H and O–H groups in total. The monoisotopic (exact) mass is 364 g/mol. The number of aliphatic imine (C=N–C) groups is 1. The number of aromatic nitrogens is 4. The molecule has 0 atom stereocenters. The number of rotatable bonds is 5. The van der Waals surface area contributed by atoms with Gasteiger partial charge in [-0.25, -0.2) is 9.98 Å². The van der Waals surface area contributed by atoms with Gasteiger partial charge >= 0.3 is 0 Å². The van der Waals surface area contributed by atoms with Crippen LogP contribution in [0.25, 0.3) is 0 Å². The number of anilines is 1. The molecule has 1 aliphatic heterocycles. The van der Waals surface area contributed by atoms with Gasteiger partial charge in [-0.1, -0.05) is 12.1 Å². The zero-order chi connectivity index (χ0) is 17.6. The maximum Gasteiger partial charge on any atom is 0.223 e. The summed E-state index contributed by atoms with van der Waals surface area (Å²) >= 11 is 1.48. The quantitative estimate of drug-likeness (QED) is 0.622. The van der Waals surface area contributed by atoms with Crippen molar-refractivity contribution in [2.24, 2.45) is 4.99 Å². The Bertz CT molecular complexity index is 704. The van der Waals surface area contributed by atoms with Crippen molar-refractivity contribution in [1.29, 1.82) is 0 Å². The highest BCUT2D eigenvalue weighted by Gasteiger charge is 2.22. The molecule has 0 saturated carbocycles. The molecule has 1 fully saturated rings. The van der Waals surface area contributed by atoms with Crippen molar-refractivity contribution in [3.63, 3.8) is 0 Å². The molecular weight excluding hydrogens is 340 g/mol. The Morgan fingerprint density at radius 3 is 2.60 bits per heavy atom. The van der Waals surface area contributed by atoms with Crippen LogP contribution in [-0.4, -0.2) is 63.1 Å². The summed E-state index contributed by atoms with van der Waals surface area (Å²) in [6.45, 7) is 10.7. The average Bonchev–Trinajstić information content (AvgIpc) is 3.27. The van der Waals surface area contributed by atoms with Crippen LogP contribution in [0.5, 0.6) is 0 Å². The van der Waals surface area contributed by atoms with Crippen LogP contribution in [0.3, 0.4) is 0 Å². The summed E-state index contributed by atoms with van der Waals surface area (Å²) in [4.78, 5) is 18.0. The Balaban J connectivity index is 1.59. The Labute approximate surface area is 151 Å². The van der Waals surface area contributed by atoms with E-state index in [4.69, 9.17) is 4.52 Å². The fraction of sp³-hybridized carbons (Fsp3) is 0.667. The predicted octanol–water partition coefficient (Wildman–Crippen LogP) is 1.08. The second-order valence-corrected chi connectivity index (χ2v) is 6.45. The molecule has 3 heterocycles. The van der Waals surface area contributed by atoms with Crippen LogP contribution in [0.15, 0.2) is 9.52 Å². The normalized spacial score (nSPS) is 15.7. The zero-order valence-corrected chi connectivity index (χ0v) is 15.7. The van der Waals surface area contributed by atoms with Gasteiger partial charge in [0.2, 0.25) is 11.0 Å². The third-order valence-electron chi connectivity index (χ3n) is 3.90. The second-order valence-electron chi connectivity index (χ2n) is 5.72. The van der Waals surface area contributed by atoms with Gasteiger partial charge in [-0.2, -0.15) is 9.36 Å². The van der Waals surface area contributed by atoms with Gasteiger partial charge in [-0.3, -0.25) is 0 Å². The van der Waals surface area contributed by atoms with E-state index in [2.05, 4.69) is 53.5 Å². The number of piperazine rings is 1. The Morgan fingerprint density at radius 2 is 2.00 bits per heavy atom. The Hall–Kier alpha value is -2.23. The van der Waals surface area contributed by atoms with Crippen molar-refractivity contribution in [3.05, 3.63) is 17.5 Å². The van der Waals surface area contributed by atoms with E-state index in [-0.39, 0.29) is 0 Å². The Morgan fingerprint density at radius 1 is 1.20 bits per heavy atom.